The fourth-order valence-electron chi connectivity index (χ4n) is 3.31. The van der Waals surface area contributed by atoms with Gasteiger partial charge in [0, 0.05) is 30.1 Å². The van der Waals surface area contributed by atoms with Crippen molar-refractivity contribution in [3.8, 4) is 0 Å². The van der Waals surface area contributed by atoms with E-state index in [1.165, 1.54) is 18.3 Å². The number of halogens is 3. The normalized spacial score (nSPS) is 12.6. The molecule has 3 aromatic rings. The number of nitrogens with one attached hydrogen (secondary N) is 1. The van der Waals surface area contributed by atoms with Crippen molar-refractivity contribution in [2.45, 2.75) is 19.6 Å². The summed E-state index contributed by atoms with van der Waals surface area (Å²) >= 11 is 0. The number of carbonyl (C=O) groups is 1. The predicted octanol–water partition coefficient (Wildman–Crippen LogP) is 7.17. The second kappa shape index (κ2) is 11.8. The summed E-state index contributed by atoms with van der Waals surface area (Å²) in [6.45, 7) is 6.09. The number of hydrogen-bond donors (Lipinski definition) is 1. The Bertz CT molecular complexity index is 1240. The average Bonchev–Trinajstić information content (AvgIpc) is 2.87. The Morgan fingerprint density at radius 1 is 0.971 bits per heavy atom. The second-order valence-electron chi connectivity index (χ2n) is 7.67. The van der Waals surface area contributed by atoms with Crippen LogP contribution < -0.4 is 5.32 Å². The van der Waals surface area contributed by atoms with E-state index in [0.717, 1.165) is 17.7 Å². The van der Waals surface area contributed by atoms with Crippen molar-refractivity contribution >= 4 is 17.1 Å². The predicted molar refractivity (Wildman–Crippen MR) is 134 cm³/mol. The Morgan fingerprint density at radius 3 is 2.26 bits per heavy atom. The Labute approximate surface area is 203 Å². The Hall–Kier alpha value is -4.19. The molecule has 35 heavy (non-hydrogen) atoms. The lowest BCUT2D eigenvalue weighted by molar-refractivity contribution is -0.0881. The van der Waals surface area contributed by atoms with E-state index in [1.807, 2.05) is 30.3 Å². The highest BCUT2D eigenvalue weighted by atomic mass is 19.4. The first kappa shape index (κ1) is 25.4. The highest BCUT2D eigenvalue weighted by Gasteiger charge is 2.32. The van der Waals surface area contributed by atoms with Gasteiger partial charge in [-0.2, -0.15) is 13.2 Å². The van der Waals surface area contributed by atoms with E-state index in [1.54, 1.807) is 49.5 Å². The van der Waals surface area contributed by atoms with Crippen LogP contribution in [0.15, 0.2) is 116 Å². The van der Waals surface area contributed by atoms with E-state index < -0.39 is 11.7 Å². The van der Waals surface area contributed by atoms with Gasteiger partial charge in [-0.25, -0.2) is 0 Å². The van der Waals surface area contributed by atoms with Gasteiger partial charge in [0.1, 0.15) is 0 Å². The highest BCUT2D eigenvalue weighted by Crippen LogP contribution is 2.35. The molecule has 3 rings (SSSR count). The van der Waals surface area contributed by atoms with E-state index in [0.29, 0.717) is 28.8 Å². The van der Waals surface area contributed by atoms with Gasteiger partial charge in [-0.15, -0.1) is 0 Å². The van der Waals surface area contributed by atoms with Crippen molar-refractivity contribution in [2.75, 3.05) is 0 Å². The number of aromatic nitrogens is 1. The van der Waals surface area contributed by atoms with Crippen LogP contribution in [-0.2, 0) is 6.54 Å². The molecule has 0 aliphatic rings. The van der Waals surface area contributed by atoms with Crippen LogP contribution in [0.3, 0.4) is 0 Å². The molecule has 0 fully saturated rings. The molecule has 0 saturated carbocycles. The molecule has 0 radical (unpaired) electrons. The van der Waals surface area contributed by atoms with E-state index in [-0.39, 0.29) is 11.5 Å². The van der Waals surface area contributed by atoms with Crippen LogP contribution in [0.1, 0.15) is 34.0 Å². The van der Waals surface area contributed by atoms with E-state index >= 15 is 0 Å². The molecular weight excluding hydrogens is 449 g/mol. The summed E-state index contributed by atoms with van der Waals surface area (Å²) < 4.78 is 41.1. The lowest BCUT2D eigenvalue weighted by Crippen LogP contribution is -2.22. The summed E-state index contributed by atoms with van der Waals surface area (Å²) in [6, 6.07) is 19.5. The molecule has 0 saturated heterocycles. The molecular formula is C29H25F3N2O. The van der Waals surface area contributed by atoms with Gasteiger partial charge in [0.15, 0.2) is 0 Å². The first-order valence-corrected chi connectivity index (χ1v) is 10.9. The molecule has 0 unspecified atom stereocenters. The third-order valence-electron chi connectivity index (χ3n) is 5.18. The summed E-state index contributed by atoms with van der Waals surface area (Å²) in [5, 5.41) is 2.85. The molecule has 0 aliphatic heterocycles. The number of benzene rings is 2. The van der Waals surface area contributed by atoms with Crippen molar-refractivity contribution < 1.29 is 18.0 Å². The molecule has 2 aromatic carbocycles. The first-order chi connectivity index (χ1) is 16.8. The van der Waals surface area contributed by atoms with Gasteiger partial charge in [-0.1, -0.05) is 73.3 Å². The zero-order chi connectivity index (χ0) is 25.3. The number of amides is 1. The highest BCUT2D eigenvalue weighted by molar-refractivity contribution is 6.05. The van der Waals surface area contributed by atoms with Gasteiger partial charge in [0.25, 0.3) is 5.91 Å². The molecule has 0 aliphatic carbocycles. The molecule has 1 amide bonds. The third kappa shape index (κ3) is 7.14. The van der Waals surface area contributed by atoms with Gasteiger partial charge in [-0.05, 0) is 53.5 Å². The molecule has 0 atom stereocenters. The van der Waals surface area contributed by atoms with Crippen molar-refractivity contribution in [1.29, 1.82) is 0 Å². The molecule has 1 aromatic heterocycles. The maximum atomic E-state index is 13.7. The number of hydrogen-bond acceptors (Lipinski definition) is 2. The number of rotatable bonds is 8. The number of allylic oxidation sites excluding steroid dienone is 7. The lowest BCUT2D eigenvalue weighted by Gasteiger charge is -2.15. The Kier molecular flexibility index (Phi) is 8.57. The maximum Gasteiger partial charge on any atom is 0.416 e. The van der Waals surface area contributed by atoms with Crippen LogP contribution in [0.4, 0.5) is 13.2 Å². The number of carbonyl (C=O) groups excluding carboxylic acids is 1. The standard InChI is InChI=1S/C29H25F3N2O/c1-3-4-12-26(29(30,31)32)18-27(25-11-8-17-33-20-25)21(2)23-13-15-24(16-14-23)28(35)34-19-22-9-6-5-7-10-22/h3-18,20H,2,19H2,1H3,(H,34,35)/b4-3+,26-12-,27-18+. The smallest absolute Gasteiger partial charge is 0.348 e. The van der Waals surface area contributed by atoms with Crippen LogP contribution in [0.25, 0.3) is 11.1 Å². The second-order valence-corrected chi connectivity index (χ2v) is 7.67. The minimum Gasteiger partial charge on any atom is -0.348 e. The molecule has 0 bridgehead atoms. The van der Waals surface area contributed by atoms with Gasteiger partial charge in [0.2, 0.25) is 0 Å². The van der Waals surface area contributed by atoms with Crippen LogP contribution in [0.5, 0.6) is 0 Å². The fraction of sp³-hybridized carbons (Fsp3) is 0.103. The number of pyridine rings is 1. The minimum absolute atomic E-state index is 0.248. The largest absolute Gasteiger partial charge is 0.416 e. The molecule has 1 N–H and O–H groups in total. The quantitative estimate of drug-likeness (QED) is 0.352. The summed E-state index contributed by atoms with van der Waals surface area (Å²) in [6.07, 6.45) is 3.45. The third-order valence-corrected chi connectivity index (χ3v) is 5.18. The maximum absolute atomic E-state index is 13.7. The average molecular weight is 475 g/mol. The number of alkyl halides is 3. The SMILES string of the molecule is C=C(\C(=C/C(=C/C=C/C)C(F)(F)F)c1cccnc1)c1ccc(C(=O)NCc2ccccc2)cc1. The Balaban J connectivity index is 1.88. The van der Waals surface area contributed by atoms with Crippen molar-refractivity contribution in [3.05, 3.63) is 138 Å². The topological polar surface area (TPSA) is 42.0 Å². The van der Waals surface area contributed by atoms with Crippen LogP contribution in [0, 0.1) is 0 Å². The Morgan fingerprint density at radius 2 is 1.66 bits per heavy atom. The van der Waals surface area contributed by atoms with Crippen molar-refractivity contribution in [2.24, 2.45) is 0 Å². The first-order valence-electron chi connectivity index (χ1n) is 10.9. The van der Waals surface area contributed by atoms with E-state index in [2.05, 4.69) is 16.9 Å². The molecule has 0 spiro atoms. The van der Waals surface area contributed by atoms with Crippen molar-refractivity contribution in [3.63, 3.8) is 0 Å². The van der Waals surface area contributed by atoms with Gasteiger partial charge in [-0.3, -0.25) is 9.78 Å². The van der Waals surface area contributed by atoms with Gasteiger partial charge in [0.05, 0.1) is 5.57 Å². The van der Waals surface area contributed by atoms with Crippen LogP contribution in [0.2, 0.25) is 0 Å². The monoisotopic (exact) mass is 474 g/mol. The molecule has 1 heterocycles. The molecule has 6 heteroatoms. The van der Waals surface area contributed by atoms with Crippen LogP contribution in [-0.4, -0.2) is 17.1 Å². The van der Waals surface area contributed by atoms with Crippen LogP contribution >= 0.6 is 0 Å². The summed E-state index contributed by atoms with van der Waals surface area (Å²) in [5.41, 5.74) is 2.35. The molecule has 3 nitrogen and oxygen atoms in total. The zero-order valence-electron chi connectivity index (χ0n) is 19.2. The fourth-order valence-corrected chi connectivity index (χ4v) is 3.31. The summed E-state index contributed by atoms with van der Waals surface area (Å²) in [4.78, 5) is 16.6. The number of nitrogens with zero attached hydrogens (tertiary/aromatic N) is 1. The zero-order valence-corrected chi connectivity index (χ0v) is 19.2. The van der Waals surface area contributed by atoms with Gasteiger partial charge >= 0.3 is 6.18 Å². The van der Waals surface area contributed by atoms with E-state index in [9.17, 15) is 18.0 Å². The van der Waals surface area contributed by atoms with Gasteiger partial charge < -0.3 is 5.32 Å². The lowest BCUT2D eigenvalue weighted by atomic mass is 9.92. The molecule has 178 valence electrons. The van der Waals surface area contributed by atoms with Crippen molar-refractivity contribution in [1.82, 2.24) is 10.3 Å². The summed E-state index contributed by atoms with van der Waals surface area (Å²) in [5.74, 6) is -0.248. The summed E-state index contributed by atoms with van der Waals surface area (Å²) in [7, 11) is 0. The van der Waals surface area contributed by atoms with E-state index in [4.69, 9.17) is 0 Å². The minimum atomic E-state index is -4.55.